The Bertz CT molecular complexity index is 496. The van der Waals surface area contributed by atoms with Gasteiger partial charge in [-0.05, 0) is 25.9 Å². The number of aryl methyl sites for hydroxylation is 1. The average molecular weight is 228 g/mol. The first kappa shape index (κ1) is 10.5. The molecule has 1 aliphatic rings. The van der Waals surface area contributed by atoms with Crippen molar-refractivity contribution in [1.29, 1.82) is 0 Å². The Morgan fingerprint density at radius 3 is 2.65 bits per heavy atom. The number of nitrogens with one attached hydrogen (secondary N) is 2. The van der Waals surface area contributed by atoms with Crippen LogP contribution in [0.5, 0.6) is 0 Å². The molecule has 88 valence electrons. The Morgan fingerprint density at radius 2 is 2.00 bits per heavy atom. The van der Waals surface area contributed by atoms with Gasteiger partial charge in [0.2, 0.25) is 0 Å². The lowest BCUT2D eigenvalue weighted by molar-refractivity contribution is 0.341. The number of aromatic nitrogens is 3. The van der Waals surface area contributed by atoms with Gasteiger partial charge in [-0.2, -0.15) is 5.10 Å². The molecule has 1 aromatic carbocycles. The zero-order chi connectivity index (χ0) is 11.7. The highest BCUT2D eigenvalue weighted by Crippen LogP contribution is 2.16. The molecular formula is C13H16N4. The van der Waals surface area contributed by atoms with Crippen molar-refractivity contribution in [3.63, 3.8) is 0 Å². The highest BCUT2D eigenvalue weighted by atomic mass is 15.2. The molecule has 1 fully saturated rings. The van der Waals surface area contributed by atoms with E-state index < -0.39 is 0 Å². The largest absolute Gasteiger partial charge is 0.316 e. The highest BCUT2D eigenvalue weighted by Gasteiger charge is 2.19. The van der Waals surface area contributed by atoms with Gasteiger partial charge >= 0.3 is 0 Å². The number of aromatic amines is 1. The van der Waals surface area contributed by atoms with Gasteiger partial charge < -0.3 is 5.32 Å². The average Bonchev–Trinajstić information content (AvgIpc) is 2.73. The van der Waals surface area contributed by atoms with Crippen molar-refractivity contribution >= 4 is 0 Å². The summed E-state index contributed by atoms with van der Waals surface area (Å²) in [6.45, 7) is 4.28. The molecule has 3 rings (SSSR count). The molecule has 0 radical (unpaired) electrons. The summed E-state index contributed by atoms with van der Waals surface area (Å²) in [7, 11) is 0. The van der Waals surface area contributed by atoms with Crippen LogP contribution in [-0.2, 0) is 6.42 Å². The minimum atomic E-state index is 0.716. The van der Waals surface area contributed by atoms with E-state index in [0.29, 0.717) is 5.92 Å². The molecule has 0 aliphatic carbocycles. The maximum Gasteiger partial charge on any atom is 0.181 e. The van der Waals surface area contributed by atoms with E-state index in [0.717, 1.165) is 36.7 Å². The lowest BCUT2D eigenvalue weighted by atomic mass is 9.99. The Morgan fingerprint density at radius 1 is 1.24 bits per heavy atom. The molecule has 0 amide bonds. The minimum absolute atomic E-state index is 0.716. The molecule has 17 heavy (non-hydrogen) atoms. The number of H-pyrrole nitrogens is 1. The maximum absolute atomic E-state index is 4.54. The fourth-order valence-electron chi connectivity index (χ4n) is 1.98. The van der Waals surface area contributed by atoms with Crippen LogP contribution in [-0.4, -0.2) is 28.3 Å². The van der Waals surface area contributed by atoms with Crippen molar-refractivity contribution in [1.82, 2.24) is 20.5 Å². The second-order valence-electron chi connectivity index (χ2n) is 4.70. The Labute approximate surface area is 100 Å². The van der Waals surface area contributed by atoms with E-state index >= 15 is 0 Å². The van der Waals surface area contributed by atoms with E-state index in [9.17, 15) is 0 Å². The van der Waals surface area contributed by atoms with E-state index in [1.165, 1.54) is 5.56 Å². The van der Waals surface area contributed by atoms with E-state index in [4.69, 9.17) is 0 Å². The van der Waals surface area contributed by atoms with Crippen LogP contribution in [0.2, 0.25) is 0 Å². The molecule has 0 atom stereocenters. The van der Waals surface area contributed by atoms with Crippen molar-refractivity contribution in [2.45, 2.75) is 13.3 Å². The third kappa shape index (κ3) is 2.22. The molecule has 2 heterocycles. The predicted octanol–water partition coefficient (Wildman–Crippen LogP) is 1.54. The zero-order valence-electron chi connectivity index (χ0n) is 9.90. The summed E-state index contributed by atoms with van der Waals surface area (Å²) in [5, 5.41) is 10.6. The topological polar surface area (TPSA) is 53.6 Å². The van der Waals surface area contributed by atoms with Gasteiger partial charge in [-0.25, -0.2) is 4.98 Å². The van der Waals surface area contributed by atoms with Crippen molar-refractivity contribution in [2.24, 2.45) is 5.92 Å². The van der Waals surface area contributed by atoms with Gasteiger partial charge in [-0.3, -0.25) is 5.10 Å². The standard InChI is InChI=1S/C13H16N4/c1-9-2-4-11(5-3-9)13-15-12(16-17-13)6-10-7-14-8-10/h2-5,10,14H,6-8H2,1H3,(H,15,16,17). The quantitative estimate of drug-likeness (QED) is 0.838. The second kappa shape index (κ2) is 4.30. The summed E-state index contributed by atoms with van der Waals surface area (Å²) in [5.74, 6) is 2.51. The lowest BCUT2D eigenvalue weighted by Crippen LogP contribution is -2.43. The molecular weight excluding hydrogens is 212 g/mol. The van der Waals surface area contributed by atoms with Crippen LogP contribution in [0.4, 0.5) is 0 Å². The van der Waals surface area contributed by atoms with Crippen molar-refractivity contribution in [3.05, 3.63) is 35.7 Å². The Kier molecular flexibility index (Phi) is 2.65. The molecule has 0 unspecified atom stereocenters. The summed E-state index contributed by atoms with van der Waals surface area (Å²) in [4.78, 5) is 4.54. The van der Waals surface area contributed by atoms with E-state index in [1.54, 1.807) is 0 Å². The van der Waals surface area contributed by atoms with Gasteiger partial charge in [0.05, 0.1) is 0 Å². The third-order valence-corrected chi connectivity index (χ3v) is 3.19. The zero-order valence-corrected chi connectivity index (χ0v) is 9.90. The normalized spacial score (nSPS) is 15.8. The number of benzene rings is 1. The van der Waals surface area contributed by atoms with Crippen LogP contribution >= 0.6 is 0 Å². The molecule has 0 saturated carbocycles. The SMILES string of the molecule is Cc1ccc(-c2n[nH]c(CC3CNC3)n2)cc1. The van der Waals surface area contributed by atoms with Gasteiger partial charge in [-0.15, -0.1) is 0 Å². The first-order valence-electron chi connectivity index (χ1n) is 6.00. The summed E-state index contributed by atoms with van der Waals surface area (Å²) in [5.41, 5.74) is 2.33. The van der Waals surface area contributed by atoms with E-state index in [-0.39, 0.29) is 0 Å². The molecule has 1 aliphatic heterocycles. The van der Waals surface area contributed by atoms with Gasteiger partial charge in [0.25, 0.3) is 0 Å². The fraction of sp³-hybridized carbons (Fsp3) is 0.385. The van der Waals surface area contributed by atoms with Crippen molar-refractivity contribution in [2.75, 3.05) is 13.1 Å². The van der Waals surface area contributed by atoms with Crippen LogP contribution in [0.15, 0.2) is 24.3 Å². The van der Waals surface area contributed by atoms with Gasteiger partial charge in [-0.1, -0.05) is 29.8 Å². The smallest absolute Gasteiger partial charge is 0.181 e. The molecule has 4 heteroatoms. The van der Waals surface area contributed by atoms with Crippen LogP contribution < -0.4 is 5.32 Å². The number of nitrogens with zero attached hydrogens (tertiary/aromatic N) is 2. The first-order valence-corrected chi connectivity index (χ1v) is 6.00. The van der Waals surface area contributed by atoms with Crippen molar-refractivity contribution in [3.8, 4) is 11.4 Å². The first-order chi connectivity index (χ1) is 8.31. The second-order valence-corrected chi connectivity index (χ2v) is 4.70. The van der Waals surface area contributed by atoms with Crippen LogP contribution in [0.3, 0.4) is 0 Å². The third-order valence-electron chi connectivity index (χ3n) is 3.19. The summed E-state index contributed by atoms with van der Waals surface area (Å²) in [6, 6.07) is 8.29. The molecule has 4 nitrogen and oxygen atoms in total. The molecule has 2 aromatic rings. The number of hydrogen-bond donors (Lipinski definition) is 2. The van der Waals surface area contributed by atoms with Crippen LogP contribution in [0.25, 0.3) is 11.4 Å². The number of hydrogen-bond acceptors (Lipinski definition) is 3. The Balaban J connectivity index is 1.76. The van der Waals surface area contributed by atoms with E-state index in [1.807, 2.05) is 0 Å². The maximum atomic E-state index is 4.54. The lowest BCUT2D eigenvalue weighted by Gasteiger charge is -2.25. The molecule has 0 spiro atoms. The number of rotatable bonds is 3. The monoisotopic (exact) mass is 228 g/mol. The van der Waals surface area contributed by atoms with Gasteiger partial charge in [0.1, 0.15) is 5.82 Å². The van der Waals surface area contributed by atoms with Crippen LogP contribution in [0, 0.1) is 12.8 Å². The summed E-state index contributed by atoms with van der Waals surface area (Å²) in [6.07, 6.45) is 0.992. The predicted molar refractivity (Wildman–Crippen MR) is 66.6 cm³/mol. The van der Waals surface area contributed by atoms with Gasteiger partial charge in [0, 0.05) is 12.0 Å². The Hall–Kier alpha value is -1.68. The van der Waals surface area contributed by atoms with Crippen LogP contribution in [0.1, 0.15) is 11.4 Å². The molecule has 1 saturated heterocycles. The fourth-order valence-corrected chi connectivity index (χ4v) is 1.98. The summed E-state index contributed by atoms with van der Waals surface area (Å²) < 4.78 is 0. The van der Waals surface area contributed by atoms with Gasteiger partial charge in [0.15, 0.2) is 5.82 Å². The van der Waals surface area contributed by atoms with Crippen molar-refractivity contribution < 1.29 is 0 Å². The molecule has 2 N–H and O–H groups in total. The molecule has 0 bridgehead atoms. The highest BCUT2D eigenvalue weighted by molar-refractivity contribution is 5.54. The van der Waals surface area contributed by atoms with E-state index in [2.05, 4.69) is 51.7 Å². The minimum Gasteiger partial charge on any atom is -0.316 e. The molecule has 1 aromatic heterocycles. The summed E-state index contributed by atoms with van der Waals surface area (Å²) >= 11 is 0.